The van der Waals surface area contributed by atoms with Crippen molar-refractivity contribution in [3.63, 3.8) is 0 Å². The number of hydrogen-bond acceptors (Lipinski definition) is 4. The molecule has 0 aliphatic heterocycles. The lowest BCUT2D eigenvalue weighted by molar-refractivity contribution is -0.154. The smallest absolute Gasteiger partial charge is 0.308 e. The summed E-state index contributed by atoms with van der Waals surface area (Å²) in [5.74, 6) is -3.36. The van der Waals surface area contributed by atoms with Gasteiger partial charge >= 0.3 is 5.97 Å². The first kappa shape index (κ1) is 20.5. The Labute approximate surface area is 144 Å². The summed E-state index contributed by atoms with van der Waals surface area (Å²) in [7, 11) is 0. The molecule has 1 atom stereocenters. The van der Waals surface area contributed by atoms with Gasteiger partial charge < -0.3 is 15.4 Å². The lowest BCUT2D eigenvalue weighted by atomic mass is 10.2. The van der Waals surface area contributed by atoms with Crippen molar-refractivity contribution in [1.82, 2.24) is 10.6 Å². The second kappa shape index (κ2) is 9.71. The molecule has 0 bridgehead atoms. The summed E-state index contributed by atoms with van der Waals surface area (Å²) in [6.45, 7) is 5.68. The zero-order chi connectivity index (χ0) is 19.0. The average Bonchev–Trinajstić information content (AvgIpc) is 2.52. The first-order valence-electron chi connectivity index (χ1n) is 7.91. The van der Waals surface area contributed by atoms with E-state index in [0.717, 1.165) is 12.1 Å². The molecular weight excluding hydrogens is 334 g/mol. The number of esters is 1. The minimum absolute atomic E-state index is 0.102. The number of rotatable bonds is 8. The van der Waals surface area contributed by atoms with Gasteiger partial charge in [-0.1, -0.05) is 13.8 Å². The summed E-state index contributed by atoms with van der Waals surface area (Å²) in [5.41, 5.74) is -0.323. The van der Waals surface area contributed by atoms with E-state index in [-0.39, 0.29) is 24.4 Å². The fraction of sp³-hybridized carbons (Fsp3) is 0.471. The van der Waals surface area contributed by atoms with Crippen LogP contribution in [0.1, 0.15) is 37.6 Å². The highest BCUT2D eigenvalue weighted by Crippen LogP contribution is 2.09. The highest BCUT2D eigenvalue weighted by Gasteiger charge is 2.18. The van der Waals surface area contributed by atoms with Crippen LogP contribution in [0.4, 0.5) is 8.78 Å². The Morgan fingerprint density at radius 1 is 1.12 bits per heavy atom. The molecule has 0 aromatic heterocycles. The molecule has 25 heavy (non-hydrogen) atoms. The first-order chi connectivity index (χ1) is 11.7. The largest absolute Gasteiger partial charge is 0.452 e. The highest BCUT2D eigenvalue weighted by molar-refractivity contribution is 5.94. The van der Waals surface area contributed by atoms with E-state index in [1.165, 1.54) is 6.92 Å². The quantitative estimate of drug-likeness (QED) is 0.696. The molecule has 8 heteroatoms. The van der Waals surface area contributed by atoms with Crippen molar-refractivity contribution < 1.29 is 27.9 Å². The van der Waals surface area contributed by atoms with E-state index >= 15 is 0 Å². The van der Waals surface area contributed by atoms with Gasteiger partial charge in [0.1, 0.15) is 11.6 Å². The third-order valence-corrected chi connectivity index (χ3v) is 3.15. The summed E-state index contributed by atoms with van der Waals surface area (Å²) in [6.07, 6.45) is -1.13. The van der Waals surface area contributed by atoms with Crippen LogP contribution in [0, 0.1) is 17.6 Å². The molecule has 0 heterocycles. The number of ether oxygens (including phenoxy) is 1. The SMILES string of the molecule is CC(C)CNC(=O)C(C)OC(=O)CCNC(=O)c1ccc(F)cc1F. The van der Waals surface area contributed by atoms with Gasteiger partial charge in [-0.3, -0.25) is 14.4 Å². The molecule has 1 aromatic carbocycles. The van der Waals surface area contributed by atoms with Crippen LogP contribution < -0.4 is 10.6 Å². The molecule has 0 aliphatic rings. The van der Waals surface area contributed by atoms with Crippen LogP contribution in [0.25, 0.3) is 0 Å². The monoisotopic (exact) mass is 356 g/mol. The fourth-order valence-electron chi connectivity index (χ4n) is 1.80. The van der Waals surface area contributed by atoms with Crippen molar-refractivity contribution in [3.05, 3.63) is 35.4 Å². The summed E-state index contributed by atoms with van der Waals surface area (Å²) >= 11 is 0. The van der Waals surface area contributed by atoms with Crippen molar-refractivity contribution in [2.75, 3.05) is 13.1 Å². The lowest BCUT2D eigenvalue weighted by Gasteiger charge is -2.14. The maximum atomic E-state index is 13.4. The van der Waals surface area contributed by atoms with Gasteiger partial charge in [0.2, 0.25) is 0 Å². The molecule has 0 saturated heterocycles. The molecule has 2 N–H and O–H groups in total. The van der Waals surface area contributed by atoms with Crippen LogP contribution in [0.15, 0.2) is 18.2 Å². The lowest BCUT2D eigenvalue weighted by Crippen LogP contribution is -2.38. The van der Waals surface area contributed by atoms with Crippen LogP contribution >= 0.6 is 0 Å². The normalized spacial score (nSPS) is 11.8. The Bertz CT molecular complexity index is 635. The fourth-order valence-corrected chi connectivity index (χ4v) is 1.80. The molecule has 0 spiro atoms. The predicted octanol–water partition coefficient (Wildman–Crippen LogP) is 1.79. The molecule has 0 saturated carbocycles. The molecule has 1 unspecified atom stereocenters. The van der Waals surface area contributed by atoms with Crippen molar-refractivity contribution in [2.45, 2.75) is 33.3 Å². The third kappa shape index (κ3) is 7.28. The van der Waals surface area contributed by atoms with E-state index in [2.05, 4.69) is 10.6 Å². The minimum Gasteiger partial charge on any atom is -0.452 e. The Hall–Kier alpha value is -2.51. The number of carbonyl (C=O) groups excluding carboxylic acids is 3. The summed E-state index contributed by atoms with van der Waals surface area (Å²) in [5, 5.41) is 4.97. The van der Waals surface area contributed by atoms with E-state index in [1.54, 1.807) is 0 Å². The number of carbonyl (C=O) groups is 3. The molecule has 0 radical (unpaired) electrons. The van der Waals surface area contributed by atoms with Crippen LogP contribution in [-0.4, -0.2) is 37.0 Å². The van der Waals surface area contributed by atoms with E-state index in [9.17, 15) is 23.2 Å². The molecular formula is C17H22F2N2O4. The molecule has 1 aromatic rings. The summed E-state index contributed by atoms with van der Waals surface area (Å²) in [4.78, 5) is 35.1. The number of hydrogen-bond donors (Lipinski definition) is 2. The number of benzene rings is 1. The average molecular weight is 356 g/mol. The van der Waals surface area contributed by atoms with Gasteiger partial charge in [-0.25, -0.2) is 8.78 Å². The van der Waals surface area contributed by atoms with Crippen LogP contribution in [0.2, 0.25) is 0 Å². The van der Waals surface area contributed by atoms with Gasteiger partial charge in [0.05, 0.1) is 12.0 Å². The zero-order valence-corrected chi connectivity index (χ0v) is 14.4. The van der Waals surface area contributed by atoms with Crippen molar-refractivity contribution >= 4 is 17.8 Å². The van der Waals surface area contributed by atoms with Crippen molar-refractivity contribution in [2.24, 2.45) is 5.92 Å². The minimum atomic E-state index is -0.990. The van der Waals surface area contributed by atoms with Gasteiger partial charge in [-0.2, -0.15) is 0 Å². The highest BCUT2D eigenvalue weighted by atomic mass is 19.1. The maximum absolute atomic E-state index is 13.4. The van der Waals surface area contributed by atoms with Crippen LogP contribution in [0.5, 0.6) is 0 Å². The second-order valence-corrected chi connectivity index (χ2v) is 5.90. The summed E-state index contributed by atoms with van der Waals surface area (Å²) in [6, 6.07) is 2.57. The van der Waals surface area contributed by atoms with Gasteiger partial charge in [0, 0.05) is 19.2 Å². The standard InChI is InChI=1S/C17H22F2N2O4/c1-10(2)9-21-16(23)11(3)25-15(22)6-7-20-17(24)13-5-4-12(18)8-14(13)19/h4-5,8,10-11H,6-7,9H2,1-3H3,(H,20,24)(H,21,23). The van der Waals surface area contributed by atoms with Crippen molar-refractivity contribution in [3.8, 4) is 0 Å². The van der Waals surface area contributed by atoms with E-state index < -0.39 is 35.5 Å². The number of nitrogens with one attached hydrogen (secondary N) is 2. The molecule has 6 nitrogen and oxygen atoms in total. The number of amides is 2. The topological polar surface area (TPSA) is 84.5 Å². The number of halogens is 2. The molecule has 138 valence electrons. The van der Waals surface area contributed by atoms with E-state index in [4.69, 9.17) is 4.74 Å². The molecule has 0 fully saturated rings. The Balaban J connectivity index is 2.36. The second-order valence-electron chi connectivity index (χ2n) is 5.90. The third-order valence-electron chi connectivity index (χ3n) is 3.15. The summed E-state index contributed by atoms with van der Waals surface area (Å²) < 4.78 is 31.2. The Morgan fingerprint density at radius 3 is 2.40 bits per heavy atom. The maximum Gasteiger partial charge on any atom is 0.308 e. The molecule has 2 amide bonds. The molecule has 0 aliphatic carbocycles. The Morgan fingerprint density at radius 2 is 1.80 bits per heavy atom. The van der Waals surface area contributed by atoms with Gasteiger partial charge in [0.15, 0.2) is 6.10 Å². The first-order valence-corrected chi connectivity index (χ1v) is 7.91. The zero-order valence-electron chi connectivity index (χ0n) is 14.4. The van der Waals surface area contributed by atoms with E-state index in [0.29, 0.717) is 12.6 Å². The Kier molecular flexibility index (Phi) is 7.97. The van der Waals surface area contributed by atoms with E-state index in [1.807, 2.05) is 13.8 Å². The van der Waals surface area contributed by atoms with Crippen molar-refractivity contribution in [1.29, 1.82) is 0 Å². The predicted molar refractivity (Wildman–Crippen MR) is 86.7 cm³/mol. The van der Waals surface area contributed by atoms with Gasteiger partial charge in [0.25, 0.3) is 11.8 Å². The van der Waals surface area contributed by atoms with Crippen LogP contribution in [0.3, 0.4) is 0 Å². The van der Waals surface area contributed by atoms with Crippen LogP contribution in [-0.2, 0) is 14.3 Å². The molecule has 1 rings (SSSR count). The van der Waals surface area contributed by atoms with Gasteiger partial charge in [-0.05, 0) is 25.0 Å². The van der Waals surface area contributed by atoms with Gasteiger partial charge in [-0.15, -0.1) is 0 Å².